The van der Waals surface area contributed by atoms with Gasteiger partial charge in [-0.05, 0) is 30.7 Å². The third kappa shape index (κ3) is 5.69. The number of anilines is 1. The van der Waals surface area contributed by atoms with E-state index in [0.717, 1.165) is 12.1 Å². The second-order valence-corrected chi connectivity index (χ2v) is 7.12. The number of rotatable bonds is 8. The van der Waals surface area contributed by atoms with Crippen LogP contribution in [-0.4, -0.2) is 34.2 Å². The molecule has 162 valence electrons. The van der Waals surface area contributed by atoms with Crippen LogP contribution in [0, 0.1) is 11.6 Å². The molecule has 3 rings (SSSR count). The van der Waals surface area contributed by atoms with E-state index in [-0.39, 0.29) is 18.5 Å². The largest absolute Gasteiger partial charge is 0.478 e. The van der Waals surface area contributed by atoms with Gasteiger partial charge in [-0.2, -0.15) is 8.78 Å². The zero-order valence-electron chi connectivity index (χ0n) is 15.6. The van der Waals surface area contributed by atoms with E-state index in [2.05, 4.69) is 36.0 Å². The summed E-state index contributed by atoms with van der Waals surface area (Å²) in [5.41, 5.74) is 0.115. The summed E-state index contributed by atoms with van der Waals surface area (Å²) >= 11 is 3.02. The summed E-state index contributed by atoms with van der Waals surface area (Å²) in [7, 11) is 0. The van der Waals surface area contributed by atoms with Crippen molar-refractivity contribution >= 4 is 27.7 Å². The molecule has 6 nitrogen and oxygen atoms in total. The number of hydrogen-bond donors (Lipinski definition) is 2. The Morgan fingerprint density at radius 1 is 1.13 bits per heavy atom. The van der Waals surface area contributed by atoms with Crippen LogP contribution in [0.4, 0.5) is 23.4 Å². The Kier molecular flexibility index (Phi) is 7.06. The van der Waals surface area contributed by atoms with Crippen LogP contribution in [0.25, 0.3) is 11.3 Å². The number of halogens is 5. The molecule has 0 saturated heterocycles. The highest BCUT2D eigenvalue weighted by molar-refractivity contribution is 9.10. The van der Waals surface area contributed by atoms with Gasteiger partial charge in [0.1, 0.15) is 35.1 Å². The SMILES string of the molecule is O=C(O)c1ccc(-c2cc(NCCc3c(F)cc(Br)cc3F)ncn2)cc1OC(F)F. The molecule has 1 aromatic heterocycles. The average molecular weight is 500 g/mol. The molecule has 3 aromatic rings. The number of nitrogens with one attached hydrogen (secondary N) is 1. The quantitative estimate of drug-likeness (QED) is 0.417. The lowest BCUT2D eigenvalue weighted by atomic mass is 10.1. The molecule has 2 aromatic carbocycles. The predicted molar refractivity (Wildman–Crippen MR) is 107 cm³/mol. The van der Waals surface area contributed by atoms with E-state index < -0.39 is 35.5 Å². The summed E-state index contributed by atoms with van der Waals surface area (Å²) in [6.45, 7) is -3.04. The molecule has 0 spiro atoms. The first-order valence-electron chi connectivity index (χ1n) is 8.76. The minimum absolute atomic E-state index is 0.0456. The summed E-state index contributed by atoms with van der Waals surface area (Å²) < 4.78 is 57.6. The highest BCUT2D eigenvalue weighted by atomic mass is 79.9. The fraction of sp³-hybridized carbons (Fsp3) is 0.150. The van der Waals surface area contributed by atoms with Crippen LogP contribution in [0.5, 0.6) is 5.75 Å². The lowest BCUT2D eigenvalue weighted by Gasteiger charge is -2.11. The van der Waals surface area contributed by atoms with Crippen LogP contribution in [-0.2, 0) is 6.42 Å². The first-order valence-corrected chi connectivity index (χ1v) is 9.55. The van der Waals surface area contributed by atoms with Gasteiger partial charge in [-0.1, -0.05) is 22.0 Å². The van der Waals surface area contributed by atoms with E-state index in [9.17, 15) is 22.4 Å². The highest BCUT2D eigenvalue weighted by Gasteiger charge is 2.17. The first kappa shape index (κ1) is 22.5. The molecule has 0 fully saturated rings. The summed E-state index contributed by atoms with van der Waals surface area (Å²) in [5.74, 6) is -2.96. The van der Waals surface area contributed by atoms with Gasteiger partial charge in [0.2, 0.25) is 0 Å². The molecule has 0 aliphatic heterocycles. The maximum atomic E-state index is 13.9. The van der Waals surface area contributed by atoms with Crippen molar-refractivity contribution in [1.82, 2.24) is 9.97 Å². The third-order valence-corrected chi connectivity index (χ3v) is 4.64. The van der Waals surface area contributed by atoms with Crippen molar-refractivity contribution in [3.63, 3.8) is 0 Å². The van der Waals surface area contributed by atoms with Crippen LogP contribution in [0.2, 0.25) is 0 Å². The molecule has 0 atom stereocenters. The lowest BCUT2D eigenvalue weighted by Crippen LogP contribution is -2.09. The van der Waals surface area contributed by atoms with Crippen LogP contribution >= 0.6 is 15.9 Å². The molecular formula is C20H14BrF4N3O3. The van der Waals surface area contributed by atoms with Gasteiger partial charge in [0.15, 0.2) is 0 Å². The Balaban J connectivity index is 1.77. The van der Waals surface area contributed by atoms with E-state index >= 15 is 0 Å². The number of hydrogen-bond acceptors (Lipinski definition) is 5. The summed E-state index contributed by atoms with van der Waals surface area (Å²) in [4.78, 5) is 19.2. The number of carboxylic acids is 1. The van der Waals surface area contributed by atoms with Crippen LogP contribution < -0.4 is 10.1 Å². The molecule has 0 radical (unpaired) electrons. The molecule has 31 heavy (non-hydrogen) atoms. The average Bonchev–Trinajstić information content (AvgIpc) is 2.69. The molecule has 0 aliphatic rings. The molecule has 2 N–H and O–H groups in total. The first-order chi connectivity index (χ1) is 14.7. The molecule has 0 saturated carbocycles. The number of ether oxygens (including phenoxy) is 1. The van der Waals surface area contributed by atoms with Gasteiger partial charge in [0.25, 0.3) is 0 Å². The van der Waals surface area contributed by atoms with E-state index in [1.54, 1.807) is 0 Å². The molecule has 0 aliphatic carbocycles. The van der Waals surface area contributed by atoms with Gasteiger partial charge in [-0.15, -0.1) is 0 Å². The maximum Gasteiger partial charge on any atom is 0.387 e. The number of carbonyl (C=O) groups is 1. The van der Waals surface area contributed by atoms with Gasteiger partial charge >= 0.3 is 12.6 Å². The monoisotopic (exact) mass is 499 g/mol. The van der Waals surface area contributed by atoms with Crippen molar-refractivity contribution in [1.29, 1.82) is 0 Å². The van der Waals surface area contributed by atoms with Crippen LogP contribution in [0.15, 0.2) is 47.2 Å². The number of aromatic nitrogens is 2. The second-order valence-electron chi connectivity index (χ2n) is 6.21. The van der Waals surface area contributed by atoms with Gasteiger partial charge < -0.3 is 15.2 Å². The number of benzene rings is 2. The third-order valence-electron chi connectivity index (χ3n) is 4.18. The summed E-state index contributed by atoms with van der Waals surface area (Å²) in [6, 6.07) is 7.47. The molecular weight excluding hydrogens is 486 g/mol. The van der Waals surface area contributed by atoms with Gasteiger partial charge in [-0.25, -0.2) is 23.5 Å². The predicted octanol–water partition coefficient (Wildman–Crippen LogP) is 5.14. The van der Waals surface area contributed by atoms with E-state index in [1.807, 2.05) is 0 Å². The molecule has 11 heteroatoms. The Hall–Kier alpha value is -3.21. The van der Waals surface area contributed by atoms with E-state index in [4.69, 9.17) is 5.11 Å². The Morgan fingerprint density at radius 3 is 2.48 bits per heavy atom. The van der Waals surface area contributed by atoms with E-state index in [0.29, 0.717) is 21.5 Å². The fourth-order valence-corrected chi connectivity index (χ4v) is 3.19. The van der Waals surface area contributed by atoms with Crippen molar-refractivity contribution in [3.05, 3.63) is 70.0 Å². The minimum atomic E-state index is -3.20. The molecule has 0 bridgehead atoms. The molecule has 0 unspecified atom stereocenters. The van der Waals surface area contributed by atoms with E-state index in [1.165, 1.54) is 30.6 Å². The fourth-order valence-electron chi connectivity index (χ4n) is 2.79. The van der Waals surface area contributed by atoms with Gasteiger partial charge in [-0.3, -0.25) is 0 Å². The van der Waals surface area contributed by atoms with Gasteiger partial charge in [0.05, 0.1) is 5.69 Å². The summed E-state index contributed by atoms with van der Waals surface area (Å²) in [6.07, 6.45) is 1.25. The normalized spacial score (nSPS) is 10.9. The maximum absolute atomic E-state index is 13.9. The number of aromatic carboxylic acids is 1. The minimum Gasteiger partial charge on any atom is -0.478 e. The van der Waals surface area contributed by atoms with Crippen molar-refractivity contribution < 1.29 is 32.2 Å². The van der Waals surface area contributed by atoms with Crippen molar-refractivity contribution in [2.45, 2.75) is 13.0 Å². The second kappa shape index (κ2) is 9.73. The Morgan fingerprint density at radius 2 is 1.84 bits per heavy atom. The van der Waals surface area contributed by atoms with Gasteiger partial charge in [0, 0.05) is 28.2 Å². The molecule has 1 heterocycles. The number of carboxylic acid groups (broad SMARTS) is 1. The zero-order valence-corrected chi connectivity index (χ0v) is 17.2. The molecule has 0 amide bonds. The number of nitrogens with zero attached hydrogens (tertiary/aromatic N) is 2. The Labute approximate surface area is 182 Å². The smallest absolute Gasteiger partial charge is 0.387 e. The summed E-state index contributed by atoms with van der Waals surface area (Å²) in [5, 5.41) is 12.0. The van der Waals surface area contributed by atoms with Crippen molar-refractivity contribution in [3.8, 4) is 17.0 Å². The standard InChI is InChI=1S/C20H14BrF4N3O3/c21-11-6-14(22)12(15(23)7-11)3-4-26-18-8-16(27-9-28-18)10-1-2-13(19(29)30)17(5-10)31-20(24)25/h1-2,5-9,20H,3-4H2,(H,29,30)(H,26,27,28). The number of alkyl halides is 2. The van der Waals surface area contributed by atoms with Crippen LogP contribution in [0.3, 0.4) is 0 Å². The van der Waals surface area contributed by atoms with Crippen LogP contribution in [0.1, 0.15) is 15.9 Å². The zero-order chi connectivity index (χ0) is 22.5. The topological polar surface area (TPSA) is 84.3 Å². The van der Waals surface area contributed by atoms with Crippen molar-refractivity contribution in [2.75, 3.05) is 11.9 Å². The Bertz CT molecular complexity index is 1090. The highest BCUT2D eigenvalue weighted by Crippen LogP contribution is 2.28. The lowest BCUT2D eigenvalue weighted by molar-refractivity contribution is -0.0503. The van der Waals surface area contributed by atoms with Crippen molar-refractivity contribution in [2.24, 2.45) is 0 Å².